The molecule has 400 valence electrons. The van der Waals surface area contributed by atoms with E-state index in [1.54, 1.807) is 6.08 Å². The number of nitrogens with one attached hydrogen (secondary N) is 1. The van der Waals surface area contributed by atoms with Crippen molar-refractivity contribution in [3.63, 3.8) is 0 Å². The molecule has 68 heavy (non-hydrogen) atoms. The summed E-state index contributed by atoms with van der Waals surface area (Å²) in [4.78, 5) is 25.0. The van der Waals surface area contributed by atoms with Crippen LogP contribution in [-0.4, -0.2) is 100 Å². The molecule has 0 aromatic rings. The summed E-state index contributed by atoms with van der Waals surface area (Å²) < 4.78 is 16.7. The molecule has 1 fully saturated rings. The summed E-state index contributed by atoms with van der Waals surface area (Å²) in [6, 6.07) is -0.818. The minimum atomic E-state index is -1.57. The molecule has 0 spiro atoms. The number of aliphatic hydroxyl groups is 5. The number of carbonyl (C=O) groups is 2. The van der Waals surface area contributed by atoms with Crippen LogP contribution in [0.25, 0.3) is 0 Å². The molecule has 1 amide bonds. The Hall–Kier alpha value is -1.86. The van der Waals surface area contributed by atoms with Crippen LogP contribution in [0, 0.1) is 0 Å². The number of hydrogen-bond donors (Lipinski definition) is 6. The van der Waals surface area contributed by atoms with Crippen molar-refractivity contribution in [3.05, 3.63) is 24.3 Å². The number of aliphatic hydroxyl groups excluding tert-OH is 5. The molecule has 0 bridgehead atoms. The lowest BCUT2D eigenvalue weighted by Gasteiger charge is -2.40. The Morgan fingerprint density at radius 3 is 1.41 bits per heavy atom. The molecule has 11 heteroatoms. The van der Waals surface area contributed by atoms with Gasteiger partial charge in [0.1, 0.15) is 24.4 Å². The van der Waals surface area contributed by atoms with Gasteiger partial charge in [0, 0.05) is 12.8 Å². The van der Waals surface area contributed by atoms with Crippen LogP contribution in [-0.2, 0) is 23.8 Å². The van der Waals surface area contributed by atoms with Crippen LogP contribution in [0.4, 0.5) is 0 Å². The van der Waals surface area contributed by atoms with Gasteiger partial charge in [-0.3, -0.25) is 9.59 Å². The number of unbranched alkanes of at least 4 members (excludes halogenated alkanes) is 33. The topological polar surface area (TPSA) is 175 Å². The predicted molar refractivity (Wildman–Crippen MR) is 278 cm³/mol. The average molecular weight is 966 g/mol. The number of carbonyl (C=O) groups excluding carboxylic acids is 2. The van der Waals surface area contributed by atoms with E-state index in [2.05, 4.69) is 31.3 Å². The lowest BCUT2D eigenvalue weighted by atomic mass is 9.99. The summed E-state index contributed by atoms with van der Waals surface area (Å²) >= 11 is 0. The number of rotatable bonds is 49. The number of hydrogen-bond acceptors (Lipinski definition) is 10. The molecule has 0 aliphatic carbocycles. The third kappa shape index (κ3) is 37.0. The number of allylic oxidation sites excluding steroid dienone is 3. The zero-order chi connectivity index (χ0) is 49.6. The summed E-state index contributed by atoms with van der Waals surface area (Å²) in [5.74, 6) is -0.213. The van der Waals surface area contributed by atoms with Crippen LogP contribution in [0.15, 0.2) is 24.3 Å². The molecule has 0 aromatic heterocycles. The SMILES string of the molecule is CCCCCCCCCCCC/C=C/C(O)C(COC1OC(CO)C(O)C(O)C1O)NC(=O)CCCCCCCCC/C=C\CCCCCCCCOC(=O)CCCCCCCCCCCCC. The first kappa shape index (κ1) is 64.2. The molecule has 11 nitrogen and oxygen atoms in total. The summed E-state index contributed by atoms with van der Waals surface area (Å²) in [6.45, 7) is 4.30. The van der Waals surface area contributed by atoms with Gasteiger partial charge in [-0.15, -0.1) is 0 Å². The van der Waals surface area contributed by atoms with Gasteiger partial charge in [0.15, 0.2) is 6.29 Å². The third-order valence-corrected chi connectivity index (χ3v) is 13.6. The summed E-state index contributed by atoms with van der Waals surface area (Å²) in [7, 11) is 0. The van der Waals surface area contributed by atoms with E-state index in [1.807, 2.05) is 6.08 Å². The Bertz CT molecular complexity index is 1180. The second kappa shape index (κ2) is 47.5. The van der Waals surface area contributed by atoms with Crippen LogP contribution in [0.5, 0.6) is 0 Å². The predicted octanol–water partition coefficient (Wildman–Crippen LogP) is 12.6. The van der Waals surface area contributed by atoms with Gasteiger partial charge >= 0.3 is 5.97 Å². The van der Waals surface area contributed by atoms with Gasteiger partial charge in [0.25, 0.3) is 0 Å². The Labute approximate surface area is 416 Å². The smallest absolute Gasteiger partial charge is 0.305 e. The summed E-state index contributed by atoms with van der Waals surface area (Å²) in [5, 5.41) is 54.3. The molecule has 1 heterocycles. The van der Waals surface area contributed by atoms with Gasteiger partial charge in [-0.05, 0) is 57.8 Å². The molecule has 1 aliphatic rings. The molecular weight excluding hydrogens is 859 g/mol. The van der Waals surface area contributed by atoms with Crippen LogP contribution in [0.2, 0.25) is 0 Å². The molecule has 1 aliphatic heterocycles. The van der Waals surface area contributed by atoms with Gasteiger partial charge in [-0.2, -0.15) is 0 Å². The molecule has 7 unspecified atom stereocenters. The maximum absolute atomic E-state index is 13.0. The van der Waals surface area contributed by atoms with Crippen molar-refractivity contribution in [2.24, 2.45) is 0 Å². The first-order valence-corrected chi connectivity index (χ1v) is 28.6. The number of ether oxygens (including phenoxy) is 3. The summed E-state index contributed by atoms with van der Waals surface area (Å²) in [5.41, 5.74) is 0. The zero-order valence-electron chi connectivity index (χ0n) is 43.8. The molecule has 0 radical (unpaired) electrons. The second-order valence-corrected chi connectivity index (χ2v) is 20.0. The average Bonchev–Trinajstić information content (AvgIpc) is 3.33. The minimum Gasteiger partial charge on any atom is -0.466 e. The molecule has 6 N–H and O–H groups in total. The highest BCUT2D eigenvalue weighted by Crippen LogP contribution is 2.23. The van der Waals surface area contributed by atoms with E-state index >= 15 is 0 Å². The molecule has 0 aromatic carbocycles. The van der Waals surface area contributed by atoms with Gasteiger partial charge in [-0.25, -0.2) is 0 Å². The lowest BCUT2D eigenvalue weighted by Crippen LogP contribution is -2.60. The van der Waals surface area contributed by atoms with Gasteiger partial charge in [0.05, 0.1) is 32.0 Å². The monoisotopic (exact) mass is 966 g/mol. The third-order valence-electron chi connectivity index (χ3n) is 13.6. The van der Waals surface area contributed by atoms with Crippen LogP contribution >= 0.6 is 0 Å². The standard InChI is InChI=1S/C57H107NO10/c1-3-5-7-9-11-13-15-24-27-31-35-39-43-50(60)49(48-67-57-56(65)55(64)54(63)51(47-59)68-57)58-52(61)44-40-36-32-28-25-21-19-17-16-18-20-22-26-30-34-38-42-46-66-53(62)45-41-37-33-29-23-14-12-10-8-6-4-2/h16,18,39,43,49-51,54-57,59-60,63-65H,3-15,17,19-38,40-42,44-48H2,1-2H3,(H,58,61)/b18-16-,43-39+. The van der Waals surface area contributed by atoms with Gasteiger partial charge in [-0.1, -0.05) is 218 Å². The Balaban J connectivity index is 2.13. The Morgan fingerprint density at radius 2 is 0.941 bits per heavy atom. The van der Waals surface area contributed by atoms with E-state index in [1.165, 1.54) is 154 Å². The fourth-order valence-corrected chi connectivity index (χ4v) is 8.96. The highest BCUT2D eigenvalue weighted by Gasteiger charge is 2.44. The number of amides is 1. The van der Waals surface area contributed by atoms with Gasteiger partial charge in [0.2, 0.25) is 5.91 Å². The quantitative estimate of drug-likeness (QED) is 0.0196. The van der Waals surface area contributed by atoms with Crippen molar-refractivity contribution in [2.45, 2.75) is 307 Å². The highest BCUT2D eigenvalue weighted by atomic mass is 16.7. The molecule has 0 saturated carbocycles. The van der Waals surface area contributed by atoms with Crippen molar-refractivity contribution in [2.75, 3.05) is 19.8 Å². The van der Waals surface area contributed by atoms with Crippen molar-refractivity contribution in [3.8, 4) is 0 Å². The minimum absolute atomic E-state index is 0.0190. The van der Waals surface area contributed by atoms with Gasteiger partial charge < -0.3 is 45.1 Å². The van der Waals surface area contributed by atoms with E-state index in [-0.39, 0.29) is 18.5 Å². The second-order valence-electron chi connectivity index (χ2n) is 20.0. The Morgan fingerprint density at radius 1 is 0.529 bits per heavy atom. The number of esters is 1. The molecular formula is C57H107NO10. The maximum atomic E-state index is 13.0. The van der Waals surface area contributed by atoms with E-state index in [4.69, 9.17) is 14.2 Å². The van der Waals surface area contributed by atoms with Crippen LogP contribution in [0.1, 0.15) is 264 Å². The van der Waals surface area contributed by atoms with E-state index in [9.17, 15) is 35.1 Å². The van der Waals surface area contributed by atoms with Crippen molar-refractivity contribution < 1.29 is 49.3 Å². The molecule has 1 saturated heterocycles. The molecule has 1 rings (SSSR count). The zero-order valence-corrected chi connectivity index (χ0v) is 43.8. The van der Waals surface area contributed by atoms with Crippen LogP contribution < -0.4 is 5.32 Å². The van der Waals surface area contributed by atoms with E-state index in [0.29, 0.717) is 19.4 Å². The van der Waals surface area contributed by atoms with Crippen LogP contribution in [0.3, 0.4) is 0 Å². The van der Waals surface area contributed by atoms with Crippen molar-refractivity contribution in [1.82, 2.24) is 5.32 Å². The summed E-state index contributed by atoms with van der Waals surface area (Å²) in [6.07, 6.45) is 45.4. The Kier molecular flexibility index (Phi) is 44.8. The van der Waals surface area contributed by atoms with Crippen molar-refractivity contribution >= 4 is 11.9 Å². The molecule has 7 atom stereocenters. The highest BCUT2D eigenvalue weighted by molar-refractivity contribution is 5.76. The first-order valence-electron chi connectivity index (χ1n) is 28.6. The van der Waals surface area contributed by atoms with Crippen molar-refractivity contribution in [1.29, 1.82) is 0 Å². The van der Waals surface area contributed by atoms with E-state index in [0.717, 1.165) is 83.5 Å². The fraction of sp³-hybridized carbons (Fsp3) is 0.895. The normalized spacial score (nSPS) is 19.5. The van der Waals surface area contributed by atoms with E-state index < -0.39 is 49.5 Å². The first-order chi connectivity index (χ1) is 33.2. The fourth-order valence-electron chi connectivity index (χ4n) is 8.96. The lowest BCUT2D eigenvalue weighted by molar-refractivity contribution is -0.302. The maximum Gasteiger partial charge on any atom is 0.305 e. The largest absolute Gasteiger partial charge is 0.466 e.